The molecule has 6 heteroatoms. The number of rotatable bonds is 19. The van der Waals surface area contributed by atoms with Crippen LogP contribution in [0, 0.1) is 0 Å². The summed E-state index contributed by atoms with van der Waals surface area (Å²) in [7, 11) is 1.48. The highest BCUT2D eigenvalue weighted by Crippen LogP contribution is 2.15. The Kier molecular flexibility index (Phi) is 18.2. The van der Waals surface area contributed by atoms with Gasteiger partial charge in [-0.05, 0) is 13.3 Å². The molecule has 0 amide bonds. The van der Waals surface area contributed by atoms with Gasteiger partial charge in [0.05, 0.1) is 12.7 Å². The first-order valence-electron chi connectivity index (χ1n) is 10.5. The standard InChI is InChI=1S/C21H41O5Si/c1-6-7-8-9-10-11-12-13-14-15-16-20(26-27(23-4)24-5)17-18-25-21(22)19(2)3/h20H,2,6-18H2,1,3-5H3. The van der Waals surface area contributed by atoms with Crippen molar-refractivity contribution in [3.8, 4) is 0 Å². The zero-order valence-electron chi connectivity index (χ0n) is 18.0. The van der Waals surface area contributed by atoms with E-state index >= 15 is 0 Å². The zero-order valence-corrected chi connectivity index (χ0v) is 19.0. The highest BCUT2D eigenvalue weighted by atomic mass is 28.3. The van der Waals surface area contributed by atoms with E-state index in [0.717, 1.165) is 12.8 Å². The van der Waals surface area contributed by atoms with E-state index in [9.17, 15) is 4.79 Å². The van der Waals surface area contributed by atoms with Crippen molar-refractivity contribution >= 4 is 15.5 Å². The molecule has 5 nitrogen and oxygen atoms in total. The van der Waals surface area contributed by atoms with Crippen LogP contribution in [0.3, 0.4) is 0 Å². The van der Waals surface area contributed by atoms with Crippen LogP contribution in [0.1, 0.15) is 90.9 Å². The zero-order chi connectivity index (χ0) is 20.3. The first-order valence-corrected chi connectivity index (χ1v) is 11.7. The molecule has 159 valence electrons. The molecule has 0 aliphatic carbocycles. The third-order valence-corrected chi connectivity index (χ3v) is 5.69. The van der Waals surface area contributed by atoms with Crippen LogP contribution in [0.5, 0.6) is 0 Å². The maximum Gasteiger partial charge on any atom is 0.577 e. The Morgan fingerprint density at radius 1 is 0.889 bits per heavy atom. The third kappa shape index (κ3) is 16.0. The minimum absolute atomic E-state index is 0.00856. The molecule has 27 heavy (non-hydrogen) atoms. The lowest BCUT2D eigenvalue weighted by Gasteiger charge is -2.20. The SMILES string of the molecule is C=C(C)C(=O)OCCC(CCCCCCCCCCCC)O[Si](OC)OC. The number of esters is 1. The summed E-state index contributed by atoms with van der Waals surface area (Å²) >= 11 is 0. The molecular formula is C21H41O5Si. The van der Waals surface area contributed by atoms with Gasteiger partial charge in [-0.2, -0.15) is 0 Å². The monoisotopic (exact) mass is 401 g/mol. The van der Waals surface area contributed by atoms with Crippen LogP contribution in [0.15, 0.2) is 12.2 Å². The topological polar surface area (TPSA) is 54.0 Å². The highest BCUT2D eigenvalue weighted by Gasteiger charge is 2.22. The van der Waals surface area contributed by atoms with Gasteiger partial charge in [0.1, 0.15) is 0 Å². The van der Waals surface area contributed by atoms with Crippen LogP contribution in [0.25, 0.3) is 0 Å². The van der Waals surface area contributed by atoms with Crippen LogP contribution in [-0.2, 0) is 22.8 Å². The van der Waals surface area contributed by atoms with Crippen molar-refractivity contribution < 1.29 is 22.8 Å². The molecule has 1 unspecified atom stereocenters. The highest BCUT2D eigenvalue weighted by molar-refractivity contribution is 6.36. The molecule has 0 bridgehead atoms. The lowest BCUT2D eigenvalue weighted by Crippen LogP contribution is -2.31. The minimum Gasteiger partial charge on any atom is -0.462 e. The third-order valence-electron chi connectivity index (χ3n) is 4.50. The second kappa shape index (κ2) is 18.7. The molecule has 0 aliphatic rings. The molecule has 0 spiro atoms. The molecule has 0 aromatic rings. The van der Waals surface area contributed by atoms with Crippen molar-refractivity contribution in [2.75, 3.05) is 20.8 Å². The number of hydrogen-bond acceptors (Lipinski definition) is 5. The number of ether oxygens (including phenoxy) is 1. The molecule has 0 aromatic carbocycles. The fraction of sp³-hybridized carbons (Fsp3) is 0.857. The molecule has 0 saturated heterocycles. The molecule has 0 heterocycles. The Bertz CT molecular complexity index is 372. The lowest BCUT2D eigenvalue weighted by atomic mass is 10.0. The maximum absolute atomic E-state index is 11.5. The maximum atomic E-state index is 11.5. The number of hydrogen-bond donors (Lipinski definition) is 0. The Balaban J connectivity index is 3.95. The first kappa shape index (κ1) is 26.3. The van der Waals surface area contributed by atoms with Crippen LogP contribution < -0.4 is 0 Å². The predicted octanol–water partition coefficient (Wildman–Crippen LogP) is 5.47. The Labute approximate surface area is 168 Å². The van der Waals surface area contributed by atoms with E-state index in [1.165, 1.54) is 57.8 Å². The summed E-state index contributed by atoms with van der Waals surface area (Å²) in [6.45, 7) is 7.83. The second-order valence-electron chi connectivity index (χ2n) is 7.07. The van der Waals surface area contributed by atoms with Crippen LogP contribution in [0.4, 0.5) is 0 Å². The predicted molar refractivity (Wildman–Crippen MR) is 111 cm³/mol. The smallest absolute Gasteiger partial charge is 0.462 e. The average molecular weight is 402 g/mol. The van der Waals surface area contributed by atoms with Gasteiger partial charge in [0.2, 0.25) is 0 Å². The van der Waals surface area contributed by atoms with Crippen molar-refractivity contribution in [1.29, 1.82) is 0 Å². The van der Waals surface area contributed by atoms with Crippen molar-refractivity contribution in [2.24, 2.45) is 0 Å². The van der Waals surface area contributed by atoms with Gasteiger partial charge in [-0.15, -0.1) is 0 Å². The van der Waals surface area contributed by atoms with Crippen LogP contribution in [-0.4, -0.2) is 42.4 Å². The molecular weight excluding hydrogens is 360 g/mol. The van der Waals surface area contributed by atoms with E-state index in [0.29, 0.717) is 18.6 Å². The van der Waals surface area contributed by atoms with E-state index in [4.69, 9.17) is 18.0 Å². The summed E-state index contributed by atoms with van der Waals surface area (Å²) in [4.78, 5) is 11.5. The van der Waals surface area contributed by atoms with E-state index in [1.807, 2.05) is 0 Å². The fourth-order valence-electron chi connectivity index (χ4n) is 2.84. The van der Waals surface area contributed by atoms with E-state index in [-0.39, 0.29) is 12.1 Å². The summed E-state index contributed by atoms with van der Waals surface area (Å²) < 4.78 is 21.6. The normalized spacial score (nSPS) is 12.3. The Morgan fingerprint density at radius 3 is 1.89 bits per heavy atom. The van der Waals surface area contributed by atoms with Crippen molar-refractivity contribution in [3.05, 3.63) is 12.2 Å². The van der Waals surface area contributed by atoms with Crippen molar-refractivity contribution in [3.63, 3.8) is 0 Å². The number of carbonyl (C=O) groups excluding carboxylic acids is 1. The van der Waals surface area contributed by atoms with E-state index in [2.05, 4.69) is 13.5 Å². The Hall–Kier alpha value is -0.693. The molecule has 1 atom stereocenters. The molecule has 0 N–H and O–H groups in total. The quantitative estimate of drug-likeness (QED) is 0.124. The fourth-order valence-corrected chi connectivity index (χ4v) is 3.71. The largest absolute Gasteiger partial charge is 0.577 e. The van der Waals surface area contributed by atoms with Gasteiger partial charge in [0, 0.05) is 26.2 Å². The summed E-state index contributed by atoms with van der Waals surface area (Å²) in [5.41, 5.74) is 0.417. The molecule has 1 radical (unpaired) electrons. The molecule has 0 rings (SSSR count). The van der Waals surface area contributed by atoms with Gasteiger partial charge in [-0.1, -0.05) is 77.7 Å². The van der Waals surface area contributed by atoms with Gasteiger partial charge in [0.25, 0.3) is 0 Å². The van der Waals surface area contributed by atoms with E-state index < -0.39 is 9.53 Å². The number of unbranched alkanes of at least 4 members (excludes halogenated alkanes) is 9. The molecule has 0 aliphatic heterocycles. The van der Waals surface area contributed by atoms with Gasteiger partial charge < -0.3 is 18.0 Å². The van der Waals surface area contributed by atoms with Gasteiger partial charge in [-0.3, -0.25) is 0 Å². The molecule has 0 saturated carbocycles. The summed E-state index contributed by atoms with van der Waals surface area (Å²) in [5, 5.41) is 0. The number of carbonyl (C=O) groups is 1. The van der Waals surface area contributed by atoms with Gasteiger partial charge >= 0.3 is 15.5 Å². The summed E-state index contributed by atoms with van der Waals surface area (Å²) in [6, 6.07) is 0. The second-order valence-corrected chi connectivity index (χ2v) is 8.63. The van der Waals surface area contributed by atoms with Gasteiger partial charge in [-0.25, -0.2) is 4.79 Å². The van der Waals surface area contributed by atoms with Crippen molar-refractivity contribution in [1.82, 2.24) is 0 Å². The molecule has 0 aromatic heterocycles. The average Bonchev–Trinajstić information content (AvgIpc) is 2.66. The van der Waals surface area contributed by atoms with Crippen LogP contribution >= 0.6 is 0 Å². The summed E-state index contributed by atoms with van der Waals surface area (Å²) in [5.74, 6) is -0.350. The first-order chi connectivity index (χ1) is 13.0. The summed E-state index contributed by atoms with van der Waals surface area (Å²) in [6.07, 6.45) is 14.6. The van der Waals surface area contributed by atoms with Crippen LogP contribution in [0.2, 0.25) is 0 Å². The lowest BCUT2D eigenvalue weighted by molar-refractivity contribution is -0.139. The minimum atomic E-state index is -1.71. The van der Waals surface area contributed by atoms with Crippen molar-refractivity contribution in [2.45, 2.75) is 97.0 Å². The Morgan fingerprint density at radius 2 is 1.41 bits per heavy atom. The van der Waals surface area contributed by atoms with Gasteiger partial charge in [0.15, 0.2) is 0 Å². The molecule has 0 fully saturated rings. The van der Waals surface area contributed by atoms with E-state index in [1.54, 1.807) is 21.1 Å².